The Hall–Kier alpha value is -2.16. The van der Waals surface area contributed by atoms with Crippen LogP contribution in [0.1, 0.15) is 69.8 Å². The summed E-state index contributed by atoms with van der Waals surface area (Å²) in [4.78, 5) is 0. The van der Waals surface area contributed by atoms with Crippen molar-refractivity contribution < 1.29 is 4.74 Å². The SMILES string of the molecule is CC1CCC(C2CCC(c3ccc(Oc4ccc(N)cc4N)cc3)CC2)CC1. The highest BCUT2D eigenvalue weighted by molar-refractivity contribution is 5.61. The lowest BCUT2D eigenvalue weighted by Gasteiger charge is -2.37. The molecule has 0 aliphatic heterocycles. The van der Waals surface area contributed by atoms with Crippen LogP contribution in [0.5, 0.6) is 11.5 Å². The number of rotatable bonds is 4. The number of anilines is 2. The molecule has 2 fully saturated rings. The van der Waals surface area contributed by atoms with Crippen LogP contribution in [-0.4, -0.2) is 0 Å². The van der Waals surface area contributed by atoms with E-state index in [0.717, 1.165) is 23.5 Å². The van der Waals surface area contributed by atoms with Crippen LogP contribution in [-0.2, 0) is 0 Å². The monoisotopic (exact) mass is 378 g/mol. The zero-order valence-electron chi connectivity index (χ0n) is 17.1. The van der Waals surface area contributed by atoms with Gasteiger partial charge >= 0.3 is 0 Å². The van der Waals surface area contributed by atoms with Crippen molar-refractivity contribution in [3.8, 4) is 11.5 Å². The van der Waals surface area contributed by atoms with E-state index in [9.17, 15) is 0 Å². The number of hydrogen-bond acceptors (Lipinski definition) is 3. The van der Waals surface area contributed by atoms with Gasteiger partial charge in [-0.05, 0) is 98.1 Å². The highest BCUT2D eigenvalue weighted by atomic mass is 16.5. The zero-order valence-corrected chi connectivity index (χ0v) is 17.1. The van der Waals surface area contributed by atoms with Crippen molar-refractivity contribution in [1.82, 2.24) is 0 Å². The molecule has 2 aromatic rings. The maximum atomic E-state index is 5.99. The van der Waals surface area contributed by atoms with Gasteiger partial charge < -0.3 is 16.2 Å². The Kier molecular flexibility index (Phi) is 5.79. The summed E-state index contributed by atoms with van der Waals surface area (Å²) in [7, 11) is 0. The molecule has 0 amide bonds. The van der Waals surface area contributed by atoms with E-state index in [1.54, 1.807) is 6.07 Å². The van der Waals surface area contributed by atoms with Crippen molar-refractivity contribution in [3.05, 3.63) is 48.0 Å². The van der Waals surface area contributed by atoms with Crippen LogP contribution < -0.4 is 16.2 Å². The van der Waals surface area contributed by atoms with Crippen LogP contribution in [0.15, 0.2) is 42.5 Å². The normalized spacial score (nSPS) is 28.0. The number of nitrogens with two attached hydrogens (primary N) is 2. The molecule has 3 heteroatoms. The number of ether oxygens (including phenoxy) is 1. The van der Waals surface area contributed by atoms with Crippen LogP contribution in [0, 0.1) is 17.8 Å². The molecular weight excluding hydrogens is 344 g/mol. The summed E-state index contributed by atoms with van der Waals surface area (Å²) < 4.78 is 5.93. The van der Waals surface area contributed by atoms with Crippen molar-refractivity contribution >= 4 is 11.4 Å². The Balaban J connectivity index is 1.32. The summed E-state index contributed by atoms with van der Waals surface area (Å²) >= 11 is 0. The Bertz CT molecular complexity index is 770. The molecule has 3 nitrogen and oxygen atoms in total. The minimum Gasteiger partial charge on any atom is -0.455 e. The van der Waals surface area contributed by atoms with Gasteiger partial charge in [-0.25, -0.2) is 0 Å². The quantitative estimate of drug-likeness (QED) is 0.579. The van der Waals surface area contributed by atoms with Crippen molar-refractivity contribution in [2.75, 3.05) is 11.5 Å². The minimum atomic E-state index is 0.569. The summed E-state index contributed by atoms with van der Waals surface area (Å²) in [5.74, 6) is 5.11. The van der Waals surface area contributed by atoms with Crippen LogP contribution in [0.2, 0.25) is 0 Å². The molecule has 0 aromatic heterocycles. The number of benzene rings is 2. The zero-order chi connectivity index (χ0) is 19.5. The molecule has 150 valence electrons. The van der Waals surface area contributed by atoms with Gasteiger partial charge in [0.25, 0.3) is 0 Å². The largest absolute Gasteiger partial charge is 0.455 e. The van der Waals surface area contributed by atoms with Crippen LogP contribution in [0.3, 0.4) is 0 Å². The third kappa shape index (κ3) is 4.45. The fourth-order valence-corrected chi connectivity index (χ4v) is 5.28. The molecule has 0 radical (unpaired) electrons. The van der Waals surface area contributed by atoms with Gasteiger partial charge in [0.1, 0.15) is 11.5 Å². The van der Waals surface area contributed by atoms with Crippen molar-refractivity contribution in [2.45, 2.75) is 64.2 Å². The highest BCUT2D eigenvalue weighted by Gasteiger charge is 2.30. The second kappa shape index (κ2) is 8.46. The van der Waals surface area contributed by atoms with Crippen LogP contribution in [0.25, 0.3) is 0 Å². The van der Waals surface area contributed by atoms with E-state index in [4.69, 9.17) is 16.2 Å². The van der Waals surface area contributed by atoms with Gasteiger partial charge in [0.05, 0.1) is 5.69 Å². The van der Waals surface area contributed by atoms with E-state index in [1.807, 2.05) is 12.1 Å². The van der Waals surface area contributed by atoms with Crippen LogP contribution in [0.4, 0.5) is 11.4 Å². The van der Waals surface area contributed by atoms with Gasteiger partial charge in [0, 0.05) is 5.69 Å². The molecule has 28 heavy (non-hydrogen) atoms. The molecule has 0 unspecified atom stereocenters. The van der Waals surface area contributed by atoms with Gasteiger partial charge in [-0.1, -0.05) is 31.9 Å². The second-order valence-electron chi connectivity index (χ2n) is 9.10. The van der Waals surface area contributed by atoms with Crippen molar-refractivity contribution in [3.63, 3.8) is 0 Å². The Morgan fingerprint density at radius 1 is 0.750 bits per heavy atom. The molecule has 0 saturated heterocycles. The first-order valence-electron chi connectivity index (χ1n) is 11.0. The predicted octanol–water partition coefficient (Wildman–Crippen LogP) is 6.74. The summed E-state index contributed by atoms with van der Waals surface area (Å²) in [5, 5.41) is 0. The van der Waals surface area contributed by atoms with E-state index >= 15 is 0 Å². The van der Waals surface area contributed by atoms with E-state index in [1.165, 1.54) is 56.9 Å². The lowest BCUT2D eigenvalue weighted by Crippen LogP contribution is -2.24. The van der Waals surface area contributed by atoms with Gasteiger partial charge in [-0.15, -0.1) is 0 Å². The highest BCUT2D eigenvalue weighted by Crippen LogP contribution is 2.44. The Morgan fingerprint density at radius 2 is 1.36 bits per heavy atom. The first-order chi connectivity index (χ1) is 13.6. The molecule has 4 N–H and O–H groups in total. The van der Waals surface area contributed by atoms with E-state index in [0.29, 0.717) is 23.0 Å². The van der Waals surface area contributed by atoms with Gasteiger partial charge in [0.15, 0.2) is 0 Å². The lowest BCUT2D eigenvalue weighted by molar-refractivity contribution is 0.165. The van der Waals surface area contributed by atoms with Gasteiger partial charge in [-0.2, -0.15) is 0 Å². The van der Waals surface area contributed by atoms with Crippen LogP contribution >= 0.6 is 0 Å². The molecule has 0 spiro atoms. The standard InChI is InChI=1S/C25H34N2O/c1-17-2-4-18(5-3-17)19-6-8-20(9-7-19)21-10-13-23(14-11-21)28-25-15-12-22(26)16-24(25)27/h10-20H,2-9,26-27H2,1H3. The summed E-state index contributed by atoms with van der Waals surface area (Å²) in [5.41, 5.74) is 14.4. The van der Waals surface area contributed by atoms with E-state index in [-0.39, 0.29) is 0 Å². The molecule has 4 rings (SSSR count). The topological polar surface area (TPSA) is 61.3 Å². The first kappa shape index (κ1) is 19.2. The molecule has 0 bridgehead atoms. The molecule has 2 aromatic carbocycles. The predicted molar refractivity (Wildman–Crippen MR) is 118 cm³/mol. The number of hydrogen-bond donors (Lipinski definition) is 2. The minimum absolute atomic E-state index is 0.569. The van der Waals surface area contributed by atoms with Gasteiger partial charge in [-0.3, -0.25) is 0 Å². The Morgan fingerprint density at radius 3 is 1.96 bits per heavy atom. The average molecular weight is 379 g/mol. The summed E-state index contributed by atoms with van der Waals surface area (Å²) in [6, 6.07) is 14.0. The molecule has 0 heterocycles. The van der Waals surface area contributed by atoms with E-state index < -0.39 is 0 Å². The smallest absolute Gasteiger partial charge is 0.150 e. The average Bonchev–Trinajstić information content (AvgIpc) is 2.71. The third-order valence-corrected chi connectivity index (χ3v) is 7.11. The molecule has 2 saturated carbocycles. The lowest BCUT2D eigenvalue weighted by atomic mass is 9.68. The fraction of sp³-hybridized carbons (Fsp3) is 0.520. The third-order valence-electron chi connectivity index (χ3n) is 7.11. The molecular formula is C25H34N2O. The summed E-state index contributed by atoms with van der Waals surface area (Å²) in [6.07, 6.45) is 11.3. The Labute approximate surface area is 169 Å². The molecule has 2 aliphatic carbocycles. The maximum absolute atomic E-state index is 5.99. The van der Waals surface area contributed by atoms with Crippen molar-refractivity contribution in [1.29, 1.82) is 0 Å². The second-order valence-corrected chi connectivity index (χ2v) is 9.10. The maximum Gasteiger partial charge on any atom is 0.150 e. The fourth-order valence-electron chi connectivity index (χ4n) is 5.28. The molecule has 0 atom stereocenters. The number of nitrogen functional groups attached to an aromatic ring is 2. The van der Waals surface area contributed by atoms with E-state index in [2.05, 4.69) is 31.2 Å². The summed E-state index contributed by atoms with van der Waals surface area (Å²) in [6.45, 7) is 2.42. The molecule has 2 aliphatic rings. The van der Waals surface area contributed by atoms with Gasteiger partial charge in [0.2, 0.25) is 0 Å². The first-order valence-corrected chi connectivity index (χ1v) is 11.0. The van der Waals surface area contributed by atoms with Crippen molar-refractivity contribution in [2.24, 2.45) is 17.8 Å².